The first-order chi connectivity index (χ1) is 17.2. The van der Waals surface area contributed by atoms with Crippen LogP contribution in [0.15, 0.2) is 11.0 Å². The van der Waals surface area contributed by atoms with Gasteiger partial charge in [0.1, 0.15) is 17.7 Å². The highest BCUT2D eigenvalue weighted by molar-refractivity contribution is 8.00. The maximum absolute atomic E-state index is 14.2. The third kappa shape index (κ3) is 8.53. The molecule has 0 amide bonds. The zero-order chi connectivity index (χ0) is 26.7. The number of esters is 1. The fourth-order valence-electron chi connectivity index (χ4n) is 3.51. The Balaban J connectivity index is 2.19. The number of rotatable bonds is 16. The molecule has 1 unspecified atom stereocenters. The fraction of sp³-hybridized carbons (Fsp3) is 0.773. The number of nitrogens with two attached hydrogens (primary N) is 1. The minimum absolute atomic E-state index is 0.0703. The summed E-state index contributed by atoms with van der Waals surface area (Å²) in [4.78, 5) is 28.1. The highest BCUT2D eigenvalue weighted by Crippen LogP contribution is 2.49. The molecule has 1 aliphatic rings. The number of nitrogens with one attached hydrogen (secondary N) is 1. The van der Waals surface area contributed by atoms with E-state index < -0.39 is 48.7 Å². The molecule has 1 aromatic rings. The van der Waals surface area contributed by atoms with Gasteiger partial charge in [-0.25, -0.2) is 18.9 Å². The number of carbonyl (C=O) groups excluding carboxylic acids is 1. The summed E-state index contributed by atoms with van der Waals surface area (Å²) in [5.74, 6) is -1.44. The largest absolute Gasteiger partial charge is 0.465 e. The Morgan fingerprint density at radius 3 is 2.61 bits per heavy atom. The van der Waals surface area contributed by atoms with Crippen molar-refractivity contribution in [3.05, 3.63) is 22.5 Å². The van der Waals surface area contributed by atoms with Crippen LogP contribution in [0.2, 0.25) is 0 Å². The Labute approximate surface area is 216 Å². The van der Waals surface area contributed by atoms with Gasteiger partial charge in [-0.3, -0.25) is 13.9 Å². The van der Waals surface area contributed by atoms with Crippen LogP contribution in [0.1, 0.15) is 66.0 Å². The molecule has 2 rings (SSSR count). The Morgan fingerprint density at radius 1 is 1.36 bits per heavy atom. The van der Waals surface area contributed by atoms with Crippen molar-refractivity contribution in [2.24, 2.45) is 0 Å². The topological polar surface area (TPSA) is 138 Å². The maximum atomic E-state index is 14.2. The van der Waals surface area contributed by atoms with Gasteiger partial charge in [-0.1, -0.05) is 33.6 Å². The summed E-state index contributed by atoms with van der Waals surface area (Å²) in [6.45, 7) is 8.83. The molecule has 1 saturated heterocycles. The number of hydrogen-bond donors (Lipinski definition) is 2. The number of halogens is 1. The van der Waals surface area contributed by atoms with E-state index in [4.69, 9.17) is 19.7 Å². The Bertz CT molecular complexity index is 946. The maximum Gasteiger partial charge on any atom is 0.351 e. The van der Waals surface area contributed by atoms with Crippen molar-refractivity contribution in [3.63, 3.8) is 0 Å². The highest BCUT2D eigenvalue weighted by Gasteiger charge is 2.38. The monoisotopic (exact) mass is 551 g/mol. The molecule has 14 heteroatoms. The van der Waals surface area contributed by atoms with Crippen molar-refractivity contribution in [1.82, 2.24) is 19.3 Å². The minimum Gasteiger partial charge on any atom is -0.465 e. The zero-order valence-corrected chi connectivity index (χ0v) is 23.2. The third-order valence-electron chi connectivity index (χ3n) is 5.57. The molecule has 0 saturated carbocycles. The molecule has 36 heavy (non-hydrogen) atoms. The predicted molar refractivity (Wildman–Crippen MR) is 138 cm³/mol. The first kappa shape index (κ1) is 30.7. The molecule has 0 aliphatic carbocycles. The molecule has 0 spiro atoms. The number of nitrogens with zero attached hydrogens (tertiary/aromatic N) is 3. The van der Waals surface area contributed by atoms with Crippen LogP contribution < -0.4 is 16.5 Å². The van der Waals surface area contributed by atoms with Crippen LogP contribution in [0.25, 0.3) is 0 Å². The van der Waals surface area contributed by atoms with E-state index in [0.717, 1.165) is 36.4 Å². The smallest absolute Gasteiger partial charge is 0.351 e. The number of aromatic nitrogens is 2. The molecule has 4 atom stereocenters. The number of nitrogen functional groups attached to an aromatic ring is 1. The van der Waals surface area contributed by atoms with Crippen LogP contribution in [0, 0.1) is 5.82 Å². The molecule has 1 aromatic heterocycles. The summed E-state index contributed by atoms with van der Waals surface area (Å²) in [6.07, 6.45) is 3.99. The molecule has 0 bridgehead atoms. The van der Waals surface area contributed by atoms with Crippen molar-refractivity contribution in [2.75, 3.05) is 37.8 Å². The lowest BCUT2D eigenvalue weighted by Gasteiger charge is -2.34. The molecule has 0 aromatic carbocycles. The number of hydrogen-bond acceptors (Lipinski definition) is 9. The van der Waals surface area contributed by atoms with Gasteiger partial charge in [0.15, 0.2) is 11.6 Å². The molecule has 1 aliphatic heterocycles. The first-order valence-electron chi connectivity index (χ1n) is 12.4. The Hall–Kier alpha value is -1.50. The van der Waals surface area contributed by atoms with E-state index in [-0.39, 0.29) is 13.2 Å². The van der Waals surface area contributed by atoms with Gasteiger partial charge in [0, 0.05) is 18.8 Å². The molecule has 0 radical (unpaired) electrons. The lowest BCUT2D eigenvalue weighted by Crippen LogP contribution is -2.41. The third-order valence-corrected chi connectivity index (χ3v) is 8.95. The molecular formula is C22H39FN5O6PS. The number of ether oxygens (including phenoxy) is 2. The fourth-order valence-corrected chi connectivity index (χ4v) is 6.83. The van der Waals surface area contributed by atoms with E-state index in [9.17, 15) is 18.5 Å². The Morgan fingerprint density at radius 2 is 2.03 bits per heavy atom. The van der Waals surface area contributed by atoms with Crippen LogP contribution in [-0.4, -0.2) is 63.7 Å². The summed E-state index contributed by atoms with van der Waals surface area (Å²) in [6, 6.07) is -0.797. The van der Waals surface area contributed by atoms with Crippen molar-refractivity contribution in [1.29, 1.82) is 0 Å². The molecule has 3 N–H and O–H groups in total. The van der Waals surface area contributed by atoms with Gasteiger partial charge in [-0.15, -0.1) is 11.8 Å². The second-order valence-electron chi connectivity index (χ2n) is 8.34. The van der Waals surface area contributed by atoms with E-state index in [1.165, 1.54) is 11.8 Å². The van der Waals surface area contributed by atoms with Gasteiger partial charge in [0.2, 0.25) is 0 Å². The number of thioether (sulfide) groups is 1. The number of carbonyl (C=O) groups is 1. The average Bonchev–Trinajstić information content (AvgIpc) is 3.32. The molecule has 1 fully saturated rings. The zero-order valence-electron chi connectivity index (χ0n) is 21.5. The first-order valence-corrected chi connectivity index (χ1v) is 15.1. The van der Waals surface area contributed by atoms with Crippen LogP contribution in [0.4, 0.5) is 10.2 Å². The predicted octanol–water partition coefficient (Wildman–Crippen LogP) is 3.51. The van der Waals surface area contributed by atoms with Crippen molar-refractivity contribution in [3.8, 4) is 0 Å². The summed E-state index contributed by atoms with van der Waals surface area (Å²) in [5.41, 5.74) is 4.07. The average molecular weight is 552 g/mol. The summed E-state index contributed by atoms with van der Waals surface area (Å²) in [5, 5.41) is 2.96. The second kappa shape index (κ2) is 15.0. The van der Waals surface area contributed by atoms with Crippen molar-refractivity contribution in [2.45, 2.75) is 77.5 Å². The van der Waals surface area contributed by atoms with Gasteiger partial charge < -0.3 is 19.7 Å². The van der Waals surface area contributed by atoms with Crippen LogP contribution in [0.3, 0.4) is 0 Å². The van der Waals surface area contributed by atoms with E-state index in [1.807, 2.05) is 13.8 Å². The molecule has 11 nitrogen and oxygen atoms in total. The van der Waals surface area contributed by atoms with Crippen LogP contribution >= 0.6 is 19.4 Å². The van der Waals surface area contributed by atoms with Crippen molar-refractivity contribution < 1.29 is 27.7 Å². The molecular weight excluding hydrogens is 512 g/mol. The highest BCUT2D eigenvalue weighted by atomic mass is 32.2. The quantitative estimate of drug-likeness (QED) is 0.231. The molecule has 2 heterocycles. The van der Waals surface area contributed by atoms with Crippen LogP contribution in [0.5, 0.6) is 0 Å². The standard InChI is InChI=1S/C22H39FN5O6PS/c1-5-9-11-27(12-10-6-2)35(31,26-17(7-3)21(29)32-8-4)33-14-19-34-18(15-36-19)28-13-16(23)20(24)25-22(28)30/h13,17-19H,5-12,14-15H2,1-4H3,(H,26,31)(H2,24,25,30)/t17-,18-,19+,35?/m0/s1. The van der Waals surface area contributed by atoms with E-state index in [0.29, 0.717) is 25.3 Å². The van der Waals surface area contributed by atoms with Crippen LogP contribution in [-0.2, 0) is 23.4 Å². The minimum atomic E-state index is -3.68. The van der Waals surface area contributed by atoms with Gasteiger partial charge in [-0.2, -0.15) is 4.98 Å². The van der Waals surface area contributed by atoms with Crippen molar-refractivity contribution >= 4 is 31.2 Å². The van der Waals surface area contributed by atoms with E-state index >= 15 is 0 Å². The lowest BCUT2D eigenvalue weighted by atomic mass is 10.2. The normalized spacial score (nSPS) is 20.4. The van der Waals surface area contributed by atoms with E-state index in [1.54, 1.807) is 18.5 Å². The Kier molecular flexibility index (Phi) is 12.8. The van der Waals surface area contributed by atoms with Gasteiger partial charge in [0.25, 0.3) is 0 Å². The SMILES string of the molecule is CCCCN(CCCC)P(=O)(N[C@@H](CC)C(=O)OCC)OC[C@@H]1O[C@H](n2cc(F)c(N)nc2=O)CS1. The van der Waals surface area contributed by atoms with E-state index in [2.05, 4.69) is 10.1 Å². The van der Waals surface area contributed by atoms with Gasteiger partial charge in [-0.05, 0) is 26.2 Å². The summed E-state index contributed by atoms with van der Waals surface area (Å²) in [7, 11) is -3.68. The lowest BCUT2D eigenvalue weighted by molar-refractivity contribution is -0.145. The summed E-state index contributed by atoms with van der Waals surface area (Å²) >= 11 is 1.34. The summed E-state index contributed by atoms with van der Waals surface area (Å²) < 4.78 is 47.9. The number of anilines is 1. The molecule has 206 valence electrons. The second-order valence-corrected chi connectivity index (χ2v) is 11.7. The van der Waals surface area contributed by atoms with Gasteiger partial charge >= 0.3 is 19.3 Å². The number of unbranched alkanes of at least 4 members (excludes halogenated alkanes) is 2. The van der Waals surface area contributed by atoms with Gasteiger partial charge in [0.05, 0.1) is 19.4 Å².